The average molecular weight is 442 g/mol. The van der Waals surface area contributed by atoms with Crippen LogP contribution in [0.4, 0.5) is 23.3 Å². The molecule has 4 N–H and O–H groups in total. The third-order valence-corrected chi connectivity index (χ3v) is 5.47. The quantitative estimate of drug-likeness (QED) is 0.413. The number of aromatic nitrogens is 2. The Kier molecular flexibility index (Phi) is 7.52. The molecule has 1 aliphatic rings. The molecule has 0 saturated heterocycles. The summed E-state index contributed by atoms with van der Waals surface area (Å²) < 4.78 is 0. The fourth-order valence-corrected chi connectivity index (χ4v) is 3.62. The van der Waals surface area contributed by atoms with Crippen LogP contribution in [0.25, 0.3) is 0 Å². The highest BCUT2D eigenvalue weighted by molar-refractivity contribution is 5.95. The van der Waals surface area contributed by atoms with Crippen molar-refractivity contribution in [2.45, 2.75) is 72.6 Å². The van der Waals surface area contributed by atoms with Crippen LogP contribution in [-0.2, 0) is 6.54 Å². The van der Waals surface area contributed by atoms with Crippen molar-refractivity contribution in [1.82, 2.24) is 15.5 Å². The van der Waals surface area contributed by atoms with Crippen molar-refractivity contribution in [2.75, 3.05) is 27.3 Å². The van der Waals surface area contributed by atoms with Gasteiger partial charge in [-0.3, -0.25) is 14.8 Å². The van der Waals surface area contributed by atoms with Crippen LogP contribution in [0.2, 0.25) is 0 Å². The van der Waals surface area contributed by atoms with Crippen LogP contribution in [0, 0.1) is 0 Å². The zero-order valence-electron chi connectivity index (χ0n) is 19.8. The number of anilines is 4. The SMILES string of the molecule is CCC(CO)Nc1nc(NCc2ccccc2C(C)=O)c2c(n1)N(C(C)C)NN2C(C)C. The van der Waals surface area contributed by atoms with Gasteiger partial charge in [-0.05, 0) is 46.6 Å². The second kappa shape index (κ2) is 10.1. The third kappa shape index (κ3) is 4.94. The number of aliphatic hydroxyl groups excluding tert-OH is 1. The van der Waals surface area contributed by atoms with Gasteiger partial charge in [0.25, 0.3) is 0 Å². The summed E-state index contributed by atoms with van der Waals surface area (Å²) in [5.41, 5.74) is 5.88. The monoisotopic (exact) mass is 441 g/mol. The molecule has 2 heterocycles. The van der Waals surface area contributed by atoms with Crippen LogP contribution >= 0.6 is 0 Å². The first-order valence-corrected chi connectivity index (χ1v) is 11.2. The Balaban J connectivity index is 2.04. The highest BCUT2D eigenvalue weighted by Crippen LogP contribution is 2.40. The molecule has 0 saturated carbocycles. The van der Waals surface area contributed by atoms with Gasteiger partial charge in [-0.1, -0.05) is 31.2 Å². The molecule has 0 amide bonds. The van der Waals surface area contributed by atoms with Crippen molar-refractivity contribution in [3.05, 3.63) is 35.4 Å². The van der Waals surface area contributed by atoms with Gasteiger partial charge in [0.1, 0.15) is 5.69 Å². The maximum Gasteiger partial charge on any atom is 0.227 e. The van der Waals surface area contributed by atoms with Gasteiger partial charge in [-0.2, -0.15) is 9.97 Å². The summed E-state index contributed by atoms with van der Waals surface area (Å²) in [6.07, 6.45) is 0.746. The minimum absolute atomic E-state index is 0.00401. The van der Waals surface area contributed by atoms with Crippen molar-refractivity contribution in [2.24, 2.45) is 0 Å². The Hall–Kier alpha value is -2.91. The van der Waals surface area contributed by atoms with E-state index in [1.165, 1.54) is 0 Å². The van der Waals surface area contributed by atoms with Gasteiger partial charge in [0.2, 0.25) is 5.95 Å². The number of ketones is 1. The lowest BCUT2D eigenvalue weighted by Gasteiger charge is -2.27. The van der Waals surface area contributed by atoms with E-state index >= 15 is 0 Å². The summed E-state index contributed by atoms with van der Waals surface area (Å²) in [7, 11) is 0. The summed E-state index contributed by atoms with van der Waals surface area (Å²) in [4.78, 5) is 21.6. The Bertz CT molecular complexity index is 944. The summed E-state index contributed by atoms with van der Waals surface area (Å²) in [5.74, 6) is 1.90. The number of benzene rings is 1. The first-order valence-electron chi connectivity index (χ1n) is 11.2. The van der Waals surface area contributed by atoms with E-state index in [1.807, 2.05) is 41.2 Å². The molecule has 174 valence electrons. The number of aliphatic hydroxyl groups is 1. The topological polar surface area (TPSA) is 106 Å². The molecule has 0 spiro atoms. The van der Waals surface area contributed by atoms with E-state index in [0.717, 1.165) is 23.5 Å². The summed E-state index contributed by atoms with van der Waals surface area (Å²) >= 11 is 0. The minimum atomic E-state index is -0.137. The van der Waals surface area contributed by atoms with Gasteiger partial charge in [-0.25, -0.2) is 0 Å². The summed E-state index contributed by atoms with van der Waals surface area (Å²) in [5, 5.41) is 20.4. The highest BCUT2D eigenvalue weighted by Gasteiger charge is 2.35. The van der Waals surface area contributed by atoms with Gasteiger partial charge in [0.15, 0.2) is 17.4 Å². The average Bonchev–Trinajstić information content (AvgIpc) is 3.16. The number of hydrogen-bond acceptors (Lipinski definition) is 9. The Morgan fingerprint density at radius 3 is 2.41 bits per heavy atom. The number of fused-ring (bicyclic) bond motifs is 1. The van der Waals surface area contributed by atoms with Gasteiger partial charge in [-0.15, -0.1) is 5.53 Å². The number of hydrogen-bond donors (Lipinski definition) is 4. The molecular formula is C23H35N7O2. The van der Waals surface area contributed by atoms with Crippen LogP contribution in [0.5, 0.6) is 0 Å². The Morgan fingerprint density at radius 2 is 1.81 bits per heavy atom. The molecule has 9 nitrogen and oxygen atoms in total. The summed E-state index contributed by atoms with van der Waals surface area (Å²) in [6.45, 7) is 12.4. The molecule has 1 unspecified atom stereocenters. The van der Waals surface area contributed by atoms with E-state index in [2.05, 4.69) is 43.9 Å². The van der Waals surface area contributed by atoms with Crippen molar-refractivity contribution in [3.8, 4) is 0 Å². The van der Waals surface area contributed by atoms with Gasteiger partial charge in [0, 0.05) is 24.2 Å². The van der Waals surface area contributed by atoms with Crippen LogP contribution < -0.4 is 26.2 Å². The molecule has 0 bridgehead atoms. The van der Waals surface area contributed by atoms with E-state index in [9.17, 15) is 9.90 Å². The number of rotatable bonds is 10. The number of Topliss-reactive ketones (excluding diaryl/α,β-unsaturated/α-hetero) is 1. The molecule has 3 rings (SSSR count). The lowest BCUT2D eigenvalue weighted by molar-refractivity contribution is 0.101. The molecule has 0 fully saturated rings. The van der Waals surface area contributed by atoms with Gasteiger partial charge in [0.05, 0.1) is 12.6 Å². The molecule has 9 heteroatoms. The number of carbonyl (C=O) groups is 1. The molecule has 2 aromatic rings. The van der Waals surface area contributed by atoms with Gasteiger partial charge >= 0.3 is 0 Å². The highest BCUT2D eigenvalue weighted by atomic mass is 16.3. The van der Waals surface area contributed by atoms with Crippen LogP contribution in [-0.4, -0.2) is 45.6 Å². The van der Waals surface area contributed by atoms with Crippen LogP contribution in [0.3, 0.4) is 0 Å². The maximum atomic E-state index is 12.1. The smallest absolute Gasteiger partial charge is 0.227 e. The normalized spacial score (nSPS) is 14.2. The molecule has 1 aromatic carbocycles. The second-order valence-corrected chi connectivity index (χ2v) is 8.59. The fraction of sp³-hybridized carbons (Fsp3) is 0.522. The Labute approximate surface area is 190 Å². The zero-order chi connectivity index (χ0) is 23.4. The predicted octanol–water partition coefficient (Wildman–Crippen LogP) is 3.34. The third-order valence-electron chi connectivity index (χ3n) is 5.47. The molecule has 1 aliphatic heterocycles. The second-order valence-electron chi connectivity index (χ2n) is 8.59. The van der Waals surface area contributed by atoms with Crippen molar-refractivity contribution in [3.63, 3.8) is 0 Å². The molecule has 1 aromatic heterocycles. The zero-order valence-corrected chi connectivity index (χ0v) is 19.8. The van der Waals surface area contributed by atoms with Crippen molar-refractivity contribution in [1.29, 1.82) is 0 Å². The molecule has 32 heavy (non-hydrogen) atoms. The van der Waals surface area contributed by atoms with Crippen molar-refractivity contribution >= 4 is 29.1 Å². The molecule has 0 radical (unpaired) electrons. The number of nitrogens with zero attached hydrogens (tertiary/aromatic N) is 4. The molecule has 0 aliphatic carbocycles. The summed E-state index contributed by atoms with van der Waals surface area (Å²) in [6, 6.07) is 7.76. The van der Waals surface area contributed by atoms with Gasteiger partial charge < -0.3 is 15.7 Å². The van der Waals surface area contributed by atoms with E-state index in [-0.39, 0.29) is 30.5 Å². The van der Waals surface area contributed by atoms with E-state index < -0.39 is 0 Å². The molecule has 1 atom stereocenters. The van der Waals surface area contributed by atoms with Crippen LogP contribution in [0.1, 0.15) is 63.9 Å². The first-order chi connectivity index (χ1) is 15.3. The van der Waals surface area contributed by atoms with E-state index in [0.29, 0.717) is 23.9 Å². The molecular weight excluding hydrogens is 406 g/mol. The van der Waals surface area contributed by atoms with E-state index in [1.54, 1.807) is 6.92 Å². The van der Waals surface area contributed by atoms with Crippen LogP contribution in [0.15, 0.2) is 24.3 Å². The maximum absolute atomic E-state index is 12.1. The predicted molar refractivity (Wildman–Crippen MR) is 129 cm³/mol. The number of hydrazine groups is 2. The minimum Gasteiger partial charge on any atom is -0.394 e. The van der Waals surface area contributed by atoms with Crippen molar-refractivity contribution < 1.29 is 9.90 Å². The largest absolute Gasteiger partial charge is 0.394 e. The Morgan fingerprint density at radius 1 is 1.12 bits per heavy atom. The number of nitrogens with one attached hydrogen (secondary N) is 3. The fourth-order valence-electron chi connectivity index (χ4n) is 3.62. The standard InChI is InChI=1S/C23H35N7O2/c1-7-18(13-31)25-23-26-21(24-12-17-10-8-9-11-19(17)16(6)32)20-22(27-23)30(15(4)5)28-29(20)14(2)3/h8-11,14-15,18,28,31H,7,12-13H2,1-6H3,(H2,24,25,26,27). The lowest BCUT2D eigenvalue weighted by Crippen LogP contribution is -2.50. The first kappa shape index (κ1) is 23.7. The van der Waals surface area contributed by atoms with E-state index in [4.69, 9.17) is 9.97 Å². The lowest BCUT2D eigenvalue weighted by atomic mass is 10.0. The number of carbonyl (C=O) groups excluding carboxylic acids is 1.